The highest BCUT2D eigenvalue weighted by molar-refractivity contribution is 5.77. The third kappa shape index (κ3) is 12.3. The van der Waals surface area contributed by atoms with Crippen LogP contribution >= 0.6 is 0 Å². The number of aliphatic carboxylic acids is 1. The molecule has 30 heteroatoms. The normalized spacial score (nSPS) is 54.7. The molecule has 11 rings (SSSR count). The molecule has 0 radical (unpaired) electrons. The number of aliphatic hydroxyl groups excluding tert-OH is 16. The summed E-state index contributed by atoms with van der Waals surface area (Å²) in [5.41, 5.74) is -1.92. The van der Waals surface area contributed by atoms with E-state index in [1.54, 1.807) is 0 Å². The van der Waals surface area contributed by atoms with Crippen molar-refractivity contribution in [1.29, 1.82) is 0 Å². The van der Waals surface area contributed by atoms with Gasteiger partial charge in [-0.15, -0.1) is 0 Å². The Balaban J connectivity index is 0.873. The Bertz CT molecular complexity index is 2620. The van der Waals surface area contributed by atoms with Crippen molar-refractivity contribution in [2.75, 3.05) is 33.0 Å². The molecule has 93 heavy (non-hydrogen) atoms. The minimum absolute atomic E-state index is 0.00508. The van der Waals surface area contributed by atoms with Crippen LogP contribution in [0.2, 0.25) is 0 Å². The topological polar surface area (TPSA) is 472 Å². The Morgan fingerprint density at radius 1 is 0.505 bits per heavy atom. The van der Waals surface area contributed by atoms with Crippen molar-refractivity contribution in [2.24, 2.45) is 50.2 Å². The molecule has 0 unspecified atom stereocenters. The Morgan fingerprint density at radius 3 is 1.66 bits per heavy atom. The van der Waals surface area contributed by atoms with Crippen LogP contribution in [0.15, 0.2) is 11.6 Å². The quantitative estimate of drug-likeness (QED) is 0.0550. The molecular weight excluding hydrogens is 1240 g/mol. The summed E-state index contributed by atoms with van der Waals surface area (Å²) in [4.78, 5) is 13.4. The molecule has 6 aliphatic heterocycles. The monoisotopic (exact) mass is 1340 g/mol. The van der Waals surface area contributed by atoms with Gasteiger partial charge < -0.3 is 144 Å². The number of fused-ring (bicyclic) bond motifs is 7. The summed E-state index contributed by atoms with van der Waals surface area (Å²) in [6.45, 7) is 13.2. The van der Waals surface area contributed by atoms with Gasteiger partial charge in [0.15, 0.2) is 37.7 Å². The van der Waals surface area contributed by atoms with Crippen molar-refractivity contribution >= 4 is 5.97 Å². The van der Waals surface area contributed by atoms with Gasteiger partial charge in [-0.2, -0.15) is 0 Å². The lowest BCUT2D eigenvalue weighted by Gasteiger charge is -2.71. The molecule has 36 atom stereocenters. The number of ether oxygens (including phenoxy) is 12. The number of carboxylic acids is 1. The van der Waals surface area contributed by atoms with Gasteiger partial charge in [-0.3, -0.25) is 4.79 Å². The van der Waals surface area contributed by atoms with Crippen LogP contribution in [0.1, 0.15) is 113 Å². The fourth-order valence-corrected chi connectivity index (χ4v) is 18.7. The molecule has 0 spiro atoms. The first kappa shape index (κ1) is 72.3. The van der Waals surface area contributed by atoms with Gasteiger partial charge in [-0.25, -0.2) is 0 Å². The largest absolute Gasteiger partial charge is 0.481 e. The first-order valence-corrected chi connectivity index (χ1v) is 33.0. The van der Waals surface area contributed by atoms with Gasteiger partial charge in [0.25, 0.3) is 0 Å². The SMILES string of the molecule is C[C@@H]1O[C@@H](O[C@H]2[C@H](O)[C@@H](O)[C@H](O[C@@H]3[C@@H](O)[C@H](O[C@H]4[C@H](O[C@H]5CC[C@]6(C)[C@H]7CC=C8[C@@H]9CC(C)(C)[C@@H](O)C[C@]9(C(=O)O)CC[C@@]8(C)[C@]7(C)CC[C@H]6C5(C)C)O[C@H](CO)[C@@H](O[C@@H]5OC[C@@H](O)[C@H](O)[C@H]5O)[C@@H]4O)OC[C@H]3O[C@@H]3OC[C@H](O)[C@H](O)[C@H]3O)O[C@@H]2CO)[C@H](O)[C@H](O)[C@H]1O. The molecule has 6 heterocycles. The summed E-state index contributed by atoms with van der Waals surface area (Å²) in [5.74, 6) is -0.945. The predicted molar refractivity (Wildman–Crippen MR) is 310 cm³/mol. The molecule has 5 aliphatic carbocycles. The zero-order valence-corrected chi connectivity index (χ0v) is 53.9. The molecule has 6 saturated heterocycles. The number of carbonyl (C=O) groups is 1. The Hall–Kier alpha value is -1.91. The van der Waals surface area contributed by atoms with E-state index in [2.05, 4.69) is 40.7 Å². The van der Waals surface area contributed by atoms with Crippen molar-refractivity contribution in [2.45, 2.75) is 291 Å². The first-order valence-electron chi connectivity index (χ1n) is 33.0. The molecule has 0 aromatic carbocycles. The zero-order chi connectivity index (χ0) is 67.7. The summed E-state index contributed by atoms with van der Waals surface area (Å²) in [6, 6.07) is 0. The van der Waals surface area contributed by atoms with Crippen LogP contribution in [0.5, 0.6) is 0 Å². The van der Waals surface area contributed by atoms with Crippen LogP contribution in [0.3, 0.4) is 0 Å². The highest BCUT2D eigenvalue weighted by Crippen LogP contribution is 2.76. The summed E-state index contributed by atoms with van der Waals surface area (Å²) in [7, 11) is 0. The van der Waals surface area contributed by atoms with Crippen LogP contribution < -0.4 is 0 Å². The second-order valence-electron chi connectivity index (χ2n) is 30.6. The molecular formula is C63H102O30. The maximum Gasteiger partial charge on any atom is 0.310 e. The predicted octanol–water partition coefficient (Wildman–Crippen LogP) is -3.91. The van der Waals surface area contributed by atoms with E-state index in [0.717, 1.165) is 19.3 Å². The average Bonchev–Trinajstić information content (AvgIpc) is 0.676. The molecule has 534 valence electrons. The molecule has 4 saturated carbocycles. The van der Waals surface area contributed by atoms with Gasteiger partial charge in [0.2, 0.25) is 0 Å². The van der Waals surface area contributed by atoms with Crippen molar-refractivity contribution in [1.82, 2.24) is 0 Å². The highest BCUT2D eigenvalue weighted by atomic mass is 16.8. The number of hydrogen-bond donors (Lipinski definition) is 17. The Kier molecular flexibility index (Phi) is 20.9. The van der Waals surface area contributed by atoms with Crippen molar-refractivity contribution < 1.29 is 148 Å². The number of aliphatic hydroxyl groups is 16. The van der Waals surface area contributed by atoms with Gasteiger partial charge in [-0.1, -0.05) is 60.1 Å². The number of allylic oxidation sites excluding steroid dienone is 2. The van der Waals surface area contributed by atoms with Gasteiger partial charge in [0.1, 0.15) is 122 Å². The summed E-state index contributed by atoms with van der Waals surface area (Å²) in [5, 5.41) is 188. The van der Waals surface area contributed by atoms with Crippen LogP contribution in [0.4, 0.5) is 0 Å². The van der Waals surface area contributed by atoms with Crippen LogP contribution in [-0.4, -0.2) is 304 Å². The van der Waals surface area contributed by atoms with Crippen molar-refractivity contribution in [3.05, 3.63) is 11.6 Å². The second kappa shape index (κ2) is 26.9. The highest BCUT2D eigenvalue weighted by Gasteiger charge is 2.71. The fraction of sp³-hybridized carbons (Fsp3) is 0.952. The maximum atomic E-state index is 13.4. The summed E-state index contributed by atoms with van der Waals surface area (Å²) in [6.07, 6.45) is -41.2. The number of rotatable bonds is 15. The van der Waals surface area contributed by atoms with E-state index in [0.29, 0.717) is 32.1 Å². The van der Waals surface area contributed by atoms with Crippen molar-refractivity contribution in [3.63, 3.8) is 0 Å². The van der Waals surface area contributed by atoms with Crippen LogP contribution in [0.25, 0.3) is 0 Å². The van der Waals surface area contributed by atoms with Gasteiger partial charge in [0, 0.05) is 0 Å². The second-order valence-corrected chi connectivity index (χ2v) is 30.6. The third-order valence-corrected chi connectivity index (χ3v) is 24.7. The molecule has 30 nitrogen and oxygen atoms in total. The standard InChI is InChI=1S/C63H102O30/c1-24-36(69)39(72)43(76)54(85-24)91-47-29(19-64)86-55(44(77)40(47)73)92-49-31(88-51-41(74)37(70)27(66)21-82-51)23-84-53(46(49)79)93-50-45(78)48(90-52-42(75)38(71)28(67)22-83-52)30(20-65)87-56(50)89-35-12-13-60(6)32(59(35,4)5)11-14-62(8)33(60)10-9-25-26-17-58(2,3)34(68)18-63(26,57(80)81)16-15-61(25,62)7/h9,24,26-56,64-79H,10-23H2,1-8H3,(H,80,81)/t24-,26-,27-,28+,29+,30+,31+,32-,33+,34-,35-,36-,37-,38-,39+,40+,41+,42+,43+,44+,45-,46+,47+,48+,49-,50+,51-,52-,53-,54-,55-,56-,60-,61+,62+,63+/m0/s1. The minimum atomic E-state index is -2.13. The summed E-state index contributed by atoms with van der Waals surface area (Å²) < 4.78 is 73.1. The zero-order valence-electron chi connectivity index (χ0n) is 53.9. The van der Waals surface area contributed by atoms with E-state index in [-0.39, 0.29) is 40.4 Å². The lowest BCUT2D eigenvalue weighted by molar-refractivity contribution is -0.402. The maximum absolute atomic E-state index is 13.4. The van der Waals surface area contributed by atoms with Crippen LogP contribution in [-0.2, 0) is 61.6 Å². The van der Waals surface area contributed by atoms with E-state index < -0.39 is 233 Å². The Labute approximate surface area is 539 Å². The lowest BCUT2D eigenvalue weighted by atomic mass is 9.33. The molecule has 11 aliphatic rings. The molecule has 10 fully saturated rings. The molecule has 17 N–H and O–H groups in total. The van der Waals surface area contributed by atoms with Gasteiger partial charge in [0.05, 0.1) is 56.8 Å². The van der Waals surface area contributed by atoms with E-state index >= 15 is 0 Å². The van der Waals surface area contributed by atoms with Crippen molar-refractivity contribution in [3.8, 4) is 0 Å². The van der Waals surface area contributed by atoms with Gasteiger partial charge in [-0.05, 0) is 110 Å². The number of hydrogen-bond acceptors (Lipinski definition) is 29. The minimum Gasteiger partial charge on any atom is -0.481 e. The first-order chi connectivity index (χ1) is 43.6. The van der Waals surface area contributed by atoms with Gasteiger partial charge >= 0.3 is 5.97 Å². The smallest absolute Gasteiger partial charge is 0.310 e. The van der Waals surface area contributed by atoms with E-state index in [1.165, 1.54) is 12.5 Å². The van der Waals surface area contributed by atoms with Crippen LogP contribution in [0, 0.1) is 50.2 Å². The number of carboxylic acid groups (broad SMARTS) is 1. The van der Waals surface area contributed by atoms with E-state index in [9.17, 15) is 91.6 Å². The fourth-order valence-electron chi connectivity index (χ4n) is 18.7. The summed E-state index contributed by atoms with van der Waals surface area (Å²) >= 11 is 0. The molecule has 0 aromatic rings. The average molecular weight is 1340 g/mol. The van der Waals surface area contributed by atoms with E-state index in [4.69, 9.17) is 56.8 Å². The van der Waals surface area contributed by atoms with E-state index in [1.807, 2.05) is 13.8 Å². The molecule has 0 aromatic heterocycles. The molecule has 0 amide bonds. The molecule has 0 bridgehead atoms. The third-order valence-electron chi connectivity index (χ3n) is 24.7. The Morgan fingerprint density at radius 2 is 1.03 bits per heavy atom. The lowest BCUT2D eigenvalue weighted by Crippen LogP contribution is -2.68.